The van der Waals surface area contributed by atoms with E-state index in [0.717, 1.165) is 0 Å². The van der Waals surface area contributed by atoms with Crippen LogP contribution in [0.2, 0.25) is 0 Å². The number of carbonyl (C=O) groups excluding carboxylic acids is 1. The number of nitriles is 1. The Labute approximate surface area is 93.1 Å². The molecule has 0 bridgehead atoms. The molecule has 0 rings (SSSR count). The van der Waals surface area contributed by atoms with Crippen molar-refractivity contribution in [2.45, 2.75) is 13.3 Å². The largest absolute Gasteiger partial charge is 0.481 e. The molecule has 0 aliphatic carbocycles. The summed E-state index contributed by atoms with van der Waals surface area (Å²) in [4.78, 5) is 23.3. The Bertz CT molecular complexity index is 263. The molecule has 0 spiro atoms. The van der Waals surface area contributed by atoms with Crippen molar-refractivity contribution >= 4 is 23.6 Å². The molecule has 0 unspecified atom stereocenters. The zero-order chi connectivity index (χ0) is 11.7. The zero-order valence-electron chi connectivity index (χ0n) is 8.60. The van der Waals surface area contributed by atoms with Gasteiger partial charge in [0.2, 0.25) is 5.91 Å². The van der Waals surface area contributed by atoms with Gasteiger partial charge in [0, 0.05) is 13.1 Å². The summed E-state index contributed by atoms with van der Waals surface area (Å²) in [5, 5.41) is 16.7. The third kappa shape index (κ3) is 6.80. The maximum absolute atomic E-state index is 11.5. The van der Waals surface area contributed by atoms with E-state index >= 15 is 0 Å². The van der Waals surface area contributed by atoms with Gasteiger partial charge in [0.25, 0.3) is 0 Å². The molecule has 15 heavy (non-hydrogen) atoms. The summed E-state index contributed by atoms with van der Waals surface area (Å²) in [6.07, 6.45) is -0.0392. The van der Waals surface area contributed by atoms with Crippen LogP contribution >= 0.6 is 11.8 Å². The first-order chi connectivity index (χ1) is 7.11. The van der Waals surface area contributed by atoms with Crippen LogP contribution in [0.4, 0.5) is 0 Å². The second kappa shape index (κ2) is 8.12. The molecule has 0 saturated carbocycles. The predicted octanol–water partition coefficient (Wildman–Crippen LogP) is 0.566. The van der Waals surface area contributed by atoms with E-state index in [9.17, 15) is 9.59 Å². The molecule has 0 heterocycles. The number of amides is 1. The van der Waals surface area contributed by atoms with Gasteiger partial charge in [-0.05, 0) is 6.92 Å². The van der Waals surface area contributed by atoms with Crippen LogP contribution in [0.15, 0.2) is 0 Å². The van der Waals surface area contributed by atoms with Crippen LogP contribution in [0.25, 0.3) is 0 Å². The van der Waals surface area contributed by atoms with Gasteiger partial charge in [-0.2, -0.15) is 5.26 Å². The number of rotatable bonds is 7. The van der Waals surface area contributed by atoms with E-state index < -0.39 is 5.97 Å². The van der Waals surface area contributed by atoms with E-state index in [1.807, 2.05) is 6.07 Å². The highest BCUT2D eigenvalue weighted by Crippen LogP contribution is 2.02. The average Bonchev–Trinajstić information content (AvgIpc) is 2.18. The number of carboxylic acid groups (broad SMARTS) is 1. The second-order valence-electron chi connectivity index (χ2n) is 2.77. The number of hydrogen-bond donors (Lipinski definition) is 1. The molecule has 5 nitrogen and oxygen atoms in total. The van der Waals surface area contributed by atoms with Crippen LogP contribution in [-0.4, -0.2) is 46.5 Å². The molecule has 0 saturated heterocycles. The molecule has 0 aromatic heterocycles. The minimum atomic E-state index is -0.911. The minimum absolute atomic E-state index is 0.0392. The van der Waals surface area contributed by atoms with Gasteiger partial charge in [-0.15, -0.1) is 11.8 Å². The zero-order valence-corrected chi connectivity index (χ0v) is 9.42. The van der Waals surface area contributed by atoms with Gasteiger partial charge in [-0.25, -0.2) is 0 Å². The van der Waals surface area contributed by atoms with E-state index in [1.54, 1.807) is 6.92 Å². The van der Waals surface area contributed by atoms with Gasteiger partial charge in [0.05, 0.1) is 24.0 Å². The van der Waals surface area contributed by atoms with Gasteiger partial charge in [0.1, 0.15) is 0 Å². The Hall–Kier alpha value is -1.22. The fourth-order valence-electron chi connectivity index (χ4n) is 0.965. The standard InChI is InChI=1S/C9H14N2O3S/c1-2-11(5-3-9(13)14)8(12)7-15-6-4-10/h2-3,5-7H2,1H3,(H,13,14). The quantitative estimate of drug-likeness (QED) is 0.646. The molecular weight excluding hydrogens is 216 g/mol. The summed E-state index contributed by atoms with van der Waals surface area (Å²) in [5.41, 5.74) is 0. The topological polar surface area (TPSA) is 81.4 Å². The average molecular weight is 230 g/mol. The Morgan fingerprint density at radius 2 is 2.20 bits per heavy atom. The molecule has 6 heteroatoms. The lowest BCUT2D eigenvalue weighted by Gasteiger charge is -2.19. The second-order valence-corrected chi connectivity index (χ2v) is 3.75. The fraction of sp³-hybridized carbons (Fsp3) is 0.667. The maximum atomic E-state index is 11.5. The van der Waals surface area contributed by atoms with Crippen molar-refractivity contribution in [2.24, 2.45) is 0 Å². The van der Waals surface area contributed by atoms with Gasteiger partial charge in [-0.3, -0.25) is 9.59 Å². The van der Waals surface area contributed by atoms with E-state index in [2.05, 4.69) is 0 Å². The third-order valence-corrected chi connectivity index (χ3v) is 2.51. The van der Waals surface area contributed by atoms with Crippen molar-refractivity contribution in [3.63, 3.8) is 0 Å². The predicted molar refractivity (Wildman–Crippen MR) is 57.4 cm³/mol. The number of aliphatic carboxylic acids is 1. The third-order valence-electron chi connectivity index (χ3n) is 1.72. The van der Waals surface area contributed by atoms with Crippen molar-refractivity contribution in [1.29, 1.82) is 5.26 Å². The Kier molecular flexibility index (Phi) is 7.46. The van der Waals surface area contributed by atoms with Crippen molar-refractivity contribution in [2.75, 3.05) is 24.6 Å². The van der Waals surface area contributed by atoms with Crippen molar-refractivity contribution < 1.29 is 14.7 Å². The van der Waals surface area contributed by atoms with Crippen LogP contribution in [-0.2, 0) is 9.59 Å². The fourth-order valence-corrected chi connectivity index (χ4v) is 1.52. The van der Waals surface area contributed by atoms with Crippen LogP contribution in [0.3, 0.4) is 0 Å². The lowest BCUT2D eigenvalue weighted by Crippen LogP contribution is -2.34. The first kappa shape index (κ1) is 13.8. The molecule has 0 radical (unpaired) electrons. The molecule has 0 aliphatic heterocycles. The van der Waals surface area contributed by atoms with Crippen molar-refractivity contribution in [3.05, 3.63) is 0 Å². The SMILES string of the molecule is CCN(CCC(=O)O)C(=O)CSCC#N. The van der Waals surface area contributed by atoms with Gasteiger partial charge < -0.3 is 10.0 Å². The summed E-state index contributed by atoms with van der Waals surface area (Å²) >= 11 is 1.24. The highest BCUT2D eigenvalue weighted by Gasteiger charge is 2.12. The number of carbonyl (C=O) groups is 2. The summed E-state index contributed by atoms with van der Waals surface area (Å²) in [6.45, 7) is 2.53. The van der Waals surface area contributed by atoms with E-state index in [0.29, 0.717) is 6.54 Å². The summed E-state index contributed by atoms with van der Waals surface area (Å²) < 4.78 is 0. The Morgan fingerprint density at radius 1 is 1.53 bits per heavy atom. The normalized spacial score (nSPS) is 9.33. The first-order valence-electron chi connectivity index (χ1n) is 4.56. The molecule has 0 aromatic carbocycles. The van der Waals surface area contributed by atoms with Crippen LogP contribution < -0.4 is 0 Å². The first-order valence-corrected chi connectivity index (χ1v) is 5.71. The van der Waals surface area contributed by atoms with Gasteiger partial charge in [0.15, 0.2) is 0 Å². The molecule has 0 aromatic rings. The molecular formula is C9H14N2O3S. The number of nitrogens with zero attached hydrogens (tertiary/aromatic N) is 2. The Morgan fingerprint density at radius 3 is 2.67 bits per heavy atom. The van der Waals surface area contributed by atoms with E-state index in [4.69, 9.17) is 10.4 Å². The molecule has 1 N–H and O–H groups in total. The monoisotopic (exact) mass is 230 g/mol. The number of hydrogen-bond acceptors (Lipinski definition) is 4. The van der Waals surface area contributed by atoms with Gasteiger partial charge in [-0.1, -0.05) is 0 Å². The van der Waals surface area contributed by atoms with Crippen LogP contribution in [0.1, 0.15) is 13.3 Å². The van der Waals surface area contributed by atoms with E-state index in [-0.39, 0.29) is 30.4 Å². The maximum Gasteiger partial charge on any atom is 0.305 e. The highest BCUT2D eigenvalue weighted by atomic mass is 32.2. The van der Waals surface area contributed by atoms with Crippen molar-refractivity contribution in [3.8, 4) is 6.07 Å². The van der Waals surface area contributed by atoms with Crippen LogP contribution in [0.5, 0.6) is 0 Å². The number of carboxylic acids is 1. The molecule has 0 atom stereocenters. The number of thioether (sulfide) groups is 1. The lowest BCUT2D eigenvalue weighted by molar-refractivity contribution is -0.138. The minimum Gasteiger partial charge on any atom is -0.481 e. The van der Waals surface area contributed by atoms with Crippen LogP contribution in [0, 0.1) is 11.3 Å². The lowest BCUT2D eigenvalue weighted by atomic mass is 10.4. The Balaban J connectivity index is 3.89. The summed E-state index contributed by atoms with van der Waals surface area (Å²) in [7, 11) is 0. The molecule has 84 valence electrons. The summed E-state index contributed by atoms with van der Waals surface area (Å²) in [6, 6.07) is 1.93. The van der Waals surface area contributed by atoms with E-state index in [1.165, 1.54) is 16.7 Å². The molecule has 1 amide bonds. The summed E-state index contributed by atoms with van der Waals surface area (Å²) in [5.74, 6) is -0.506. The molecule has 0 aliphatic rings. The van der Waals surface area contributed by atoms with Crippen molar-refractivity contribution in [1.82, 2.24) is 4.90 Å². The van der Waals surface area contributed by atoms with Gasteiger partial charge >= 0.3 is 5.97 Å². The smallest absolute Gasteiger partial charge is 0.305 e. The highest BCUT2D eigenvalue weighted by molar-refractivity contribution is 8.00. The molecule has 0 fully saturated rings.